The molecule has 7 nitrogen and oxygen atoms in total. The van der Waals surface area contributed by atoms with Gasteiger partial charge in [0.05, 0.1) is 18.1 Å². The van der Waals surface area contributed by atoms with Gasteiger partial charge in [-0.25, -0.2) is 0 Å². The number of benzene rings is 1. The summed E-state index contributed by atoms with van der Waals surface area (Å²) in [6, 6.07) is 6.34. The van der Waals surface area contributed by atoms with Crippen LogP contribution in [0.2, 0.25) is 0 Å². The van der Waals surface area contributed by atoms with Gasteiger partial charge in [0.2, 0.25) is 5.91 Å². The summed E-state index contributed by atoms with van der Waals surface area (Å²) < 4.78 is 5.68. The van der Waals surface area contributed by atoms with Crippen LogP contribution >= 0.6 is 0 Å². The summed E-state index contributed by atoms with van der Waals surface area (Å²) in [6.07, 6.45) is 2.99. The third-order valence-corrected chi connectivity index (χ3v) is 4.26. The first-order valence-corrected chi connectivity index (χ1v) is 7.59. The zero-order chi connectivity index (χ0) is 16.4. The second-order valence-corrected chi connectivity index (χ2v) is 5.86. The van der Waals surface area contributed by atoms with Gasteiger partial charge in [-0.1, -0.05) is 0 Å². The molecule has 2 bridgehead atoms. The summed E-state index contributed by atoms with van der Waals surface area (Å²) in [6.45, 7) is -0.429. The van der Waals surface area contributed by atoms with Gasteiger partial charge in [0.25, 0.3) is 5.91 Å². The van der Waals surface area contributed by atoms with Crippen molar-refractivity contribution < 1.29 is 24.2 Å². The molecule has 1 aromatic rings. The number of ether oxygens (including phenoxy) is 1. The molecule has 23 heavy (non-hydrogen) atoms. The molecule has 2 aliphatic heterocycles. The minimum absolute atomic E-state index is 0.0288. The largest absolute Gasteiger partial charge is 0.480 e. The molecule has 3 atom stereocenters. The monoisotopic (exact) mass is 318 g/mol. The summed E-state index contributed by atoms with van der Waals surface area (Å²) in [5.41, 5.74) is 0.945. The molecule has 3 rings (SSSR count). The van der Waals surface area contributed by atoms with Crippen LogP contribution in [-0.2, 0) is 14.3 Å². The van der Waals surface area contributed by atoms with Crippen molar-refractivity contribution in [2.45, 2.75) is 31.5 Å². The molecule has 2 fully saturated rings. The highest BCUT2D eigenvalue weighted by atomic mass is 16.5. The van der Waals surface area contributed by atoms with Gasteiger partial charge in [0, 0.05) is 11.3 Å². The highest BCUT2D eigenvalue weighted by molar-refractivity contribution is 5.97. The van der Waals surface area contributed by atoms with Crippen LogP contribution in [0.5, 0.6) is 0 Å². The van der Waals surface area contributed by atoms with Crippen LogP contribution in [0.1, 0.15) is 29.6 Å². The van der Waals surface area contributed by atoms with Gasteiger partial charge >= 0.3 is 5.97 Å². The van der Waals surface area contributed by atoms with Gasteiger partial charge in [-0.15, -0.1) is 0 Å². The van der Waals surface area contributed by atoms with Crippen molar-refractivity contribution in [3.63, 3.8) is 0 Å². The predicted molar refractivity (Wildman–Crippen MR) is 81.0 cm³/mol. The molecule has 2 amide bonds. The Morgan fingerprint density at radius 1 is 1.17 bits per heavy atom. The van der Waals surface area contributed by atoms with Gasteiger partial charge in [-0.3, -0.25) is 14.4 Å². The van der Waals surface area contributed by atoms with Crippen molar-refractivity contribution in [3.8, 4) is 0 Å². The van der Waals surface area contributed by atoms with E-state index in [1.54, 1.807) is 24.3 Å². The average molecular weight is 318 g/mol. The lowest BCUT2D eigenvalue weighted by Crippen LogP contribution is -2.30. The Kier molecular flexibility index (Phi) is 4.29. The minimum atomic E-state index is -1.10. The van der Waals surface area contributed by atoms with Crippen molar-refractivity contribution in [3.05, 3.63) is 29.8 Å². The fourth-order valence-corrected chi connectivity index (χ4v) is 3.11. The number of carboxylic acids is 1. The van der Waals surface area contributed by atoms with E-state index in [1.165, 1.54) is 0 Å². The zero-order valence-corrected chi connectivity index (χ0v) is 12.5. The predicted octanol–water partition coefficient (Wildman–Crippen LogP) is 1.01. The summed E-state index contributed by atoms with van der Waals surface area (Å²) in [5.74, 6) is -1.73. The van der Waals surface area contributed by atoms with Gasteiger partial charge in [0.1, 0.15) is 6.54 Å². The number of rotatable bonds is 5. The molecule has 2 heterocycles. The average Bonchev–Trinajstić information content (AvgIpc) is 3.16. The Morgan fingerprint density at radius 3 is 2.48 bits per heavy atom. The van der Waals surface area contributed by atoms with Crippen LogP contribution in [0.3, 0.4) is 0 Å². The number of hydrogen-bond donors (Lipinski definition) is 3. The van der Waals surface area contributed by atoms with Crippen LogP contribution in [-0.4, -0.2) is 41.6 Å². The van der Waals surface area contributed by atoms with E-state index < -0.39 is 18.4 Å². The lowest BCUT2D eigenvalue weighted by atomic mass is 9.88. The van der Waals surface area contributed by atoms with Crippen LogP contribution in [0, 0.1) is 5.92 Å². The molecule has 7 heteroatoms. The molecule has 0 saturated carbocycles. The van der Waals surface area contributed by atoms with Gasteiger partial charge in [-0.2, -0.15) is 0 Å². The summed E-state index contributed by atoms with van der Waals surface area (Å²) in [7, 11) is 0. The number of hydrogen-bond acceptors (Lipinski definition) is 4. The molecular formula is C16H18N2O5. The molecule has 0 spiro atoms. The van der Waals surface area contributed by atoms with Crippen molar-refractivity contribution in [2.75, 3.05) is 11.9 Å². The smallest absolute Gasteiger partial charge is 0.322 e. The van der Waals surface area contributed by atoms with Gasteiger partial charge in [-0.05, 0) is 43.5 Å². The van der Waals surface area contributed by atoms with Crippen LogP contribution in [0.15, 0.2) is 24.3 Å². The maximum atomic E-state index is 12.3. The lowest BCUT2D eigenvalue weighted by molar-refractivity contribution is -0.135. The third-order valence-electron chi connectivity index (χ3n) is 4.26. The lowest BCUT2D eigenvalue weighted by Gasteiger charge is -2.18. The maximum absolute atomic E-state index is 12.3. The third kappa shape index (κ3) is 3.50. The number of carboxylic acid groups (broad SMARTS) is 1. The first-order chi connectivity index (χ1) is 11.0. The van der Waals surface area contributed by atoms with Gasteiger partial charge in [0.15, 0.2) is 0 Å². The molecule has 122 valence electrons. The van der Waals surface area contributed by atoms with Crippen LogP contribution in [0.25, 0.3) is 0 Å². The van der Waals surface area contributed by atoms with Crippen molar-refractivity contribution >= 4 is 23.5 Å². The Morgan fingerprint density at radius 2 is 1.91 bits per heavy atom. The first kappa shape index (κ1) is 15.5. The van der Waals surface area contributed by atoms with E-state index in [4.69, 9.17) is 9.84 Å². The number of anilines is 1. The van der Waals surface area contributed by atoms with E-state index in [2.05, 4.69) is 10.6 Å². The molecule has 1 aromatic carbocycles. The number of carbonyl (C=O) groups excluding carboxylic acids is 2. The molecule has 0 aromatic heterocycles. The number of carbonyl (C=O) groups is 3. The van der Waals surface area contributed by atoms with E-state index in [-0.39, 0.29) is 24.0 Å². The first-order valence-electron chi connectivity index (χ1n) is 7.59. The quantitative estimate of drug-likeness (QED) is 0.751. The SMILES string of the molecule is O=C(O)CNC(=O)c1ccc(NC(=O)C2CC3CCC2O3)cc1. The molecule has 2 aliphatic rings. The standard InChI is InChI=1S/C16H18N2O5/c19-14(20)8-17-15(21)9-1-3-10(4-2-9)18-16(22)12-7-11-5-6-13(12)23-11/h1-4,11-13H,5-8H2,(H,17,21)(H,18,22)(H,19,20). The van der Waals surface area contributed by atoms with Crippen LogP contribution < -0.4 is 10.6 Å². The Hall–Kier alpha value is -2.41. The second kappa shape index (κ2) is 6.37. The molecule has 3 N–H and O–H groups in total. The van der Waals surface area contributed by atoms with E-state index in [0.29, 0.717) is 11.3 Å². The molecular weight excluding hydrogens is 300 g/mol. The van der Waals surface area contributed by atoms with E-state index in [9.17, 15) is 14.4 Å². The van der Waals surface area contributed by atoms with Crippen LogP contribution in [0.4, 0.5) is 5.69 Å². The highest BCUT2D eigenvalue weighted by Gasteiger charge is 2.44. The van der Waals surface area contributed by atoms with E-state index in [1.807, 2.05) is 0 Å². The summed E-state index contributed by atoms with van der Waals surface area (Å²) in [4.78, 5) is 34.4. The van der Waals surface area contributed by atoms with Crippen molar-refractivity contribution in [2.24, 2.45) is 5.92 Å². The summed E-state index contributed by atoms with van der Waals surface area (Å²) in [5, 5.41) is 13.6. The number of fused-ring (bicyclic) bond motifs is 2. The topological polar surface area (TPSA) is 105 Å². The highest BCUT2D eigenvalue weighted by Crippen LogP contribution is 2.39. The number of nitrogens with one attached hydrogen (secondary N) is 2. The fourth-order valence-electron chi connectivity index (χ4n) is 3.11. The minimum Gasteiger partial charge on any atom is -0.480 e. The number of aliphatic carboxylic acids is 1. The normalized spacial score (nSPS) is 25.1. The molecule has 2 saturated heterocycles. The zero-order valence-electron chi connectivity index (χ0n) is 12.5. The van der Waals surface area contributed by atoms with Crippen molar-refractivity contribution in [1.29, 1.82) is 0 Å². The number of amides is 2. The summed E-state index contributed by atoms with van der Waals surface area (Å²) >= 11 is 0. The molecule has 0 aliphatic carbocycles. The Balaban J connectivity index is 1.56. The Labute approximate surface area is 133 Å². The second-order valence-electron chi connectivity index (χ2n) is 5.86. The molecule has 3 unspecified atom stereocenters. The fraction of sp³-hybridized carbons (Fsp3) is 0.438. The van der Waals surface area contributed by atoms with E-state index >= 15 is 0 Å². The Bertz CT molecular complexity index is 628. The molecule has 0 radical (unpaired) electrons. The van der Waals surface area contributed by atoms with E-state index in [0.717, 1.165) is 19.3 Å². The van der Waals surface area contributed by atoms with Crippen molar-refractivity contribution in [1.82, 2.24) is 5.32 Å². The maximum Gasteiger partial charge on any atom is 0.322 e. The van der Waals surface area contributed by atoms with Gasteiger partial charge < -0.3 is 20.5 Å².